The van der Waals surface area contributed by atoms with Crippen molar-refractivity contribution in [2.45, 2.75) is 58.2 Å². The standard InChI is InChI=1S/C14H28N2O2/c1-11(13(17)18-14(2,3)4)16(6)10-12-8-7-9-15(12)5/h11-12H,7-10H2,1-6H3. The lowest BCUT2D eigenvalue weighted by atomic mass is 10.1. The van der Waals surface area contributed by atoms with E-state index in [4.69, 9.17) is 4.74 Å². The van der Waals surface area contributed by atoms with Crippen molar-refractivity contribution in [1.82, 2.24) is 9.80 Å². The molecular formula is C14H28N2O2. The summed E-state index contributed by atoms with van der Waals surface area (Å²) in [5.74, 6) is -0.134. The molecule has 2 unspecified atom stereocenters. The summed E-state index contributed by atoms with van der Waals surface area (Å²) in [5.41, 5.74) is -0.406. The molecule has 4 heteroatoms. The average Bonchev–Trinajstić information content (AvgIpc) is 2.60. The monoisotopic (exact) mass is 256 g/mol. The van der Waals surface area contributed by atoms with Crippen LogP contribution in [0.15, 0.2) is 0 Å². The van der Waals surface area contributed by atoms with Crippen LogP contribution in [0.5, 0.6) is 0 Å². The Balaban J connectivity index is 2.45. The Hall–Kier alpha value is -0.610. The Morgan fingerprint density at radius 1 is 1.50 bits per heavy atom. The molecule has 0 saturated carbocycles. The van der Waals surface area contributed by atoms with Gasteiger partial charge in [-0.15, -0.1) is 0 Å². The van der Waals surface area contributed by atoms with Gasteiger partial charge >= 0.3 is 5.97 Å². The summed E-state index contributed by atoms with van der Waals surface area (Å²) in [6, 6.07) is 0.387. The molecule has 0 aromatic rings. The molecule has 0 N–H and O–H groups in total. The molecular weight excluding hydrogens is 228 g/mol. The number of nitrogens with zero attached hydrogens (tertiary/aromatic N) is 2. The zero-order valence-electron chi connectivity index (χ0n) is 12.7. The number of carbonyl (C=O) groups excluding carboxylic acids is 1. The van der Waals surface area contributed by atoms with Crippen LogP contribution in [0.2, 0.25) is 0 Å². The van der Waals surface area contributed by atoms with Crippen LogP contribution in [-0.4, -0.2) is 60.6 Å². The van der Waals surface area contributed by atoms with E-state index in [9.17, 15) is 4.79 Å². The summed E-state index contributed by atoms with van der Waals surface area (Å²) < 4.78 is 5.42. The number of esters is 1. The Labute approximate surface area is 111 Å². The lowest BCUT2D eigenvalue weighted by molar-refractivity contribution is -0.160. The quantitative estimate of drug-likeness (QED) is 0.717. The van der Waals surface area contributed by atoms with Crippen molar-refractivity contribution in [2.75, 3.05) is 27.2 Å². The molecule has 1 heterocycles. The maximum absolute atomic E-state index is 12.0. The Kier molecular flexibility index (Phi) is 5.17. The summed E-state index contributed by atoms with van der Waals surface area (Å²) in [5, 5.41) is 0. The van der Waals surface area contributed by atoms with Crippen LogP contribution < -0.4 is 0 Å². The molecule has 106 valence electrons. The molecule has 4 nitrogen and oxygen atoms in total. The number of likely N-dealkylation sites (tertiary alicyclic amines) is 1. The van der Waals surface area contributed by atoms with Crippen LogP contribution in [0.1, 0.15) is 40.5 Å². The van der Waals surface area contributed by atoms with Gasteiger partial charge in [0.15, 0.2) is 0 Å². The van der Waals surface area contributed by atoms with Crippen LogP contribution in [0.3, 0.4) is 0 Å². The fourth-order valence-electron chi connectivity index (χ4n) is 2.27. The van der Waals surface area contributed by atoms with E-state index in [0.717, 1.165) is 6.54 Å². The number of rotatable bonds is 4. The van der Waals surface area contributed by atoms with Crippen LogP contribution in [0, 0.1) is 0 Å². The highest BCUT2D eigenvalue weighted by atomic mass is 16.6. The lowest BCUT2D eigenvalue weighted by Gasteiger charge is -2.31. The molecule has 1 aliphatic rings. The highest BCUT2D eigenvalue weighted by Crippen LogP contribution is 2.17. The molecule has 18 heavy (non-hydrogen) atoms. The van der Waals surface area contributed by atoms with Crippen molar-refractivity contribution >= 4 is 5.97 Å². The first-order valence-corrected chi connectivity index (χ1v) is 6.84. The minimum atomic E-state index is -0.406. The second-order valence-electron chi connectivity index (χ2n) is 6.43. The number of carbonyl (C=O) groups is 1. The summed E-state index contributed by atoms with van der Waals surface area (Å²) in [4.78, 5) is 16.4. The minimum Gasteiger partial charge on any atom is -0.459 e. The third-order valence-electron chi connectivity index (χ3n) is 3.58. The van der Waals surface area contributed by atoms with E-state index in [1.54, 1.807) is 0 Å². The highest BCUT2D eigenvalue weighted by molar-refractivity contribution is 5.75. The van der Waals surface area contributed by atoms with E-state index in [0.29, 0.717) is 6.04 Å². The summed E-state index contributed by atoms with van der Waals surface area (Å²) in [6.45, 7) is 9.73. The summed E-state index contributed by atoms with van der Waals surface area (Å²) in [7, 11) is 4.16. The Morgan fingerprint density at radius 3 is 2.56 bits per heavy atom. The van der Waals surface area contributed by atoms with Gasteiger partial charge in [0.05, 0.1) is 0 Å². The topological polar surface area (TPSA) is 32.8 Å². The maximum Gasteiger partial charge on any atom is 0.323 e. The van der Waals surface area contributed by atoms with Crippen molar-refractivity contribution in [1.29, 1.82) is 0 Å². The summed E-state index contributed by atoms with van der Waals surface area (Å²) in [6.07, 6.45) is 2.48. The van der Waals surface area contributed by atoms with Crippen LogP contribution in [0.4, 0.5) is 0 Å². The smallest absolute Gasteiger partial charge is 0.323 e. The zero-order valence-corrected chi connectivity index (χ0v) is 12.7. The number of likely N-dealkylation sites (N-methyl/N-ethyl adjacent to an activating group) is 2. The molecule has 0 aromatic heterocycles. The van der Waals surface area contributed by atoms with Gasteiger partial charge < -0.3 is 9.64 Å². The predicted octanol–water partition coefficient (Wildman–Crippen LogP) is 1.74. The molecule has 1 aliphatic heterocycles. The third kappa shape index (κ3) is 4.58. The SMILES string of the molecule is CC(C(=O)OC(C)(C)C)N(C)CC1CCCN1C. The van der Waals surface area contributed by atoms with Gasteiger partial charge in [-0.2, -0.15) is 0 Å². The van der Waals surface area contributed by atoms with Crippen molar-refractivity contribution < 1.29 is 9.53 Å². The van der Waals surface area contributed by atoms with Gasteiger partial charge in [0, 0.05) is 12.6 Å². The molecule has 0 spiro atoms. The van der Waals surface area contributed by atoms with E-state index in [-0.39, 0.29) is 12.0 Å². The first-order chi connectivity index (χ1) is 8.20. The van der Waals surface area contributed by atoms with Crippen LogP contribution >= 0.6 is 0 Å². The molecule has 0 bridgehead atoms. The molecule has 0 aliphatic carbocycles. The van der Waals surface area contributed by atoms with Crippen molar-refractivity contribution in [3.8, 4) is 0 Å². The van der Waals surface area contributed by atoms with Crippen LogP contribution in [0.25, 0.3) is 0 Å². The Morgan fingerprint density at radius 2 is 2.11 bits per heavy atom. The second-order valence-corrected chi connectivity index (χ2v) is 6.43. The van der Waals surface area contributed by atoms with E-state index >= 15 is 0 Å². The van der Waals surface area contributed by atoms with Gasteiger partial charge in [-0.25, -0.2) is 0 Å². The average molecular weight is 256 g/mol. The molecule has 0 aromatic carbocycles. The van der Waals surface area contributed by atoms with Crippen molar-refractivity contribution in [3.63, 3.8) is 0 Å². The molecule has 2 atom stereocenters. The van der Waals surface area contributed by atoms with E-state index in [1.165, 1.54) is 19.4 Å². The normalized spacial score (nSPS) is 23.4. The van der Waals surface area contributed by atoms with Gasteiger partial charge in [0.2, 0.25) is 0 Å². The number of hydrogen-bond acceptors (Lipinski definition) is 4. The number of hydrogen-bond donors (Lipinski definition) is 0. The molecule has 1 rings (SSSR count). The van der Waals surface area contributed by atoms with Crippen molar-refractivity contribution in [3.05, 3.63) is 0 Å². The van der Waals surface area contributed by atoms with Gasteiger partial charge in [-0.3, -0.25) is 9.69 Å². The minimum absolute atomic E-state index is 0.134. The van der Waals surface area contributed by atoms with E-state index in [2.05, 4.69) is 16.8 Å². The second kappa shape index (κ2) is 6.02. The van der Waals surface area contributed by atoms with Gasteiger partial charge in [0.25, 0.3) is 0 Å². The first-order valence-electron chi connectivity index (χ1n) is 6.84. The van der Waals surface area contributed by atoms with Crippen molar-refractivity contribution in [2.24, 2.45) is 0 Å². The Bertz CT molecular complexity index is 286. The van der Waals surface area contributed by atoms with Crippen LogP contribution in [-0.2, 0) is 9.53 Å². The third-order valence-corrected chi connectivity index (χ3v) is 3.58. The molecule has 1 saturated heterocycles. The maximum atomic E-state index is 12.0. The highest BCUT2D eigenvalue weighted by Gasteiger charge is 2.28. The first kappa shape index (κ1) is 15.4. The van der Waals surface area contributed by atoms with E-state index in [1.807, 2.05) is 34.7 Å². The molecule has 0 amide bonds. The predicted molar refractivity (Wildman–Crippen MR) is 73.6 cm³/mol. The number of ether oxygens (including phenoxy) is 1. The summed E-state index contributed by atoms with van der Waals surface area (Å²) >= 11 is 0. The van der Waals surface area contributed by atoms with E-state index < -0.39 is 5.60 Å². The fourth-order valence-corrected chi connectivity index (χ4v) is 2.27. The molecule has 1 fully saturated rings. The lowest BCUT2D eigenvalue weighted by Crippen LogP contribution is -2.45. The van der Waals surface area contributed by atoms with Gasteiger partial charge in [-0.1, -0.05) is 0 Å². The van der Waals surface area contributed by atoms with Gasteiger partial charge in [0.1, 0.15) is 11.6 Å². The molecule has 0 radical (unpaired) electrons. The fraction of sp³-hybridized carbons (Fsp3) is 0.929. The van der Waals surface area contributed by atoms with Gasteiger partial charge in [-0.05, 0) is 61.2 Å². The zero-order chi connectivity index (χ0) is 13.9. The largest absolute Gasteiger partial charge is 0.459 e.